The Kier molecular flexibility index (Phi) is 12.5. The number of carbonyl (C=O) groups excluding carboxylic acids is 1. The van der Waals surface area contributed by atoms with E-state index in [4.69, 9.17) is 15.3 Å². The summed E-state index contributed by atoms with van der Waals surface area (Å²) in [5, 5.41) is 44.1. The number of nitrogens with zero attached hydrogens (tertiary/aromatic N) is 1. The second kappa shape index (κ2) is 13.5. The number of carboxylic acid groups (broad SMARTS) is 2. The molecule has 0 aliphatic carbocycles. The van der Waals surface area contributed by atoms with Crippen LogP contribution in [-0.4, -0.2) is 108 Å². The second-order valence-electron chi connectivity index (χ2n) is 5.48. The van der Waals surface area contributed by atoms with Gasteiger partial charge in [-0.2, -0.15) is 0 Å². The van der Waals surface area contributed by atoms with E-state index >= 15 is 0 Å². The van der Waals surface area contributed by atoms with Crippen LogP contribution in [0.1, 0.15) is 6.42 Å². The molecule has 146 valence electrons. The largest absolute Gasteiger partial charge is 0.480 e. The molecule has 0 saturated heterocycles. The molecule has 2 atom stereocenters. The number of likely N-dealkylation sites (N-methyl/N-ethyl adjacent to an activating group) is 1. The number of aliphatic hydroxyl groups excluding tert-OH is 2. The zero-order valence-electron chi connectivity index (χ0n) is 14.3. The minimum atomic E-state index is -1.16. The zero-order chi connectivity index (χ0) is 19.2. The summed E-state index contributed by atoms with van der Waals surface area (Å²) in [5.41, 5.74) is 0. The molecule has 0 aliphatic rings. The predicted molar refractivity (Wildman–Crippen MR) is 88.1 cm³/mol. The van der Waals surface area contributed by atoms with Gasteiger partial charge in [-0.05, 0) is 0 Å². The number of carboxylic acids is 2. The van der Waals surface area contributed by atoms with Crippen molar-refractivity contribution < 1.29 is 34.8 Å². The van der Waals surface area contributed by atoms with Crippen molar-refractivity contribution in [3.63, 3.8) is 0 Å². The molecule has 0 saturated carbocycles. The van der Waals surface area contributed by atoms with Gasteiger partial charge >= 0.3 is 11.9 Å². The summed E-state index contributed by atoms with van der Waals surface area (Å²) in [4.78, 5) is 34.6. The van der Waals surface area contributed by atoms with Gasteiger partial charge in [-0.3, -0.25) is 14.4 Å². The number of hydrogen-bond donors (Lipinski definition) is 7. The van der Waals surface area contributed by atoms with E-state index < -0.39 is 36.6 Å². The molecule has 0 heterocycles. The van der Waals surface area contributed by atoms with Crippen LogP contribution in [0.2, 0.25) is 0 Å². The molecule has 11 heteroatoms. The summed E-state index contributed by atoms with van der Waals surface area (Å²) in [6.45, 7) is 1.07. The Balaban J connectivity index is 4.00. The van der Waals surface area contributed by atoms with Crippen LogP contribution in [-0.2, 0) is 14.4 Å². The van der Waals surface area contributed by atoms with Gasteiger partial charge in [0, 0.05) is 39.8 Å². The molecule has 0 aromatic heterocycles. The van der Waals surface area contributed by atoms with Crippen molar-refractivity contribution in [1.29, 1.82) is 0 Å². The first-order valence-electron chi connectivity index (χ1n) is 7.90. The fourth-order valence-corrected chi connectivity index (χ4v) is 1.88. The van der Waals surface area contributed by atoms with E-state index in [-0.39, 0.29) is 19.5 Å². The van der Waals surface area contributed by atoms with Gasteiger partial charge in [0.15, 0.2) is 0 Å². The van der Waals surface area contributed by atoms with Crippen LogP contribution in [0.15, 0.2) is 0 Å². The average molecular weight is 364 g/mol. The number of amides is 1. The number of hydrogen-bond acceptors (Lipinski definition) is 8. The second-order valence-corrected chi connectivity index (χ2v) is 5.48. The van der Waals surface area contributed by atoms with Gasteiger partial charge in [0.1, 0.15) is 6.04 Å². The lowest BCUT2D eigenvalue weighted by molar-refractivity contribution is -0.143. The van der Waals surface area contributed by atoms with Gasteiger partial charge in [-0.25, -0.2) is 0 Å². The number of carbonyl (C=O) groups is 3. The Morgan fingerprint density at radius 1 is 1.04 bits per heavy atom. The molecule has 11 nitrogen and oxygen atoms in total. The van der Waals surface area contributed by atoms with Crippen LogP contribution in [0, 0.1) is 0 Å². The van der Waals surface area contributed by atoms with Crippen LogP contribution >= 0.6 is 0 Å². The Morgan fingerprint density at radius 2 is 1.64 bits per heavy atom. The van der Waals surface area contributed by atoms with E-state index in [1.807, 2.05) is 0 Å². The molecule has 0 bridgehead atoms. The number of aliphatic hydroxyl groups is 2. The minimum Gasteiger partial charge on any atom is -0.480 e. The van der Waals surface area contributed by atoms with Crippen molar-refractivity contribution in [1.82, 2.24) is 20.9 Å². The molecule has 0 spiro atoms. The van der Waals surface area contributed by atoms with Gasteiger partial charge in [0.25, 0.3) is 0 Å². The van der Waals surface area contributed by atoms with Crippen molar-refractivity contribution in [2.75, 3.05) is 52.9 Å². The van der Waals surface area contributed by atoms with Crippen molar-refractivity contribution in [3.05, 3.63) is 0 Å². The maximum absolute atomic E-state index is 11.9. The third-order valence-electron chi connectivity index (χ3n) is 3.25. The lowest BCUT2D eigenvalue weighted by Gasteiger charge is -2.22. The Morgan fingerprint density at radius 3 is 2.20 bits per heavy atom. The van der Waals surface area contributed by atoms with Crippen LogP contribution < -0.4 is 16.0 Å². The van der Waals surface area contributed by atoms with Crippen molar-refractivity contribution in [3.8, 4) is 0 Å². The molecule has 25 heavy (non-hydrogen) atoms. The first-order valence-corrected chi connectivity index (χ1v) is 7.90. The fourth-order valence-electron chi connectivity index (χ4n) is 1.88. The van der Waals surface area contributed by atoms with E-state index in [1.54, 1.807) is 0 Å². The topological polar surface area (TPSA) is 171 Å². The van der Waals surface area contributed by atoms with Crippen LogP contribution in [0.3, 0.4) is 0 Å². The van der Waals surface area contributed by atoms with Gasteiger partial charge < -0.3 is 41.3 Å². The molecule has 0 aromatic rings. The van der Waals surface area contributed by atoms with Crippen molar-refractivity contribution in [2.24, 2.45) is 0 Å². The summed E-state index contributed by atoms with van der Waals surface area (Å²) in [6.07, 6.45) is -1.34. The zero-order valence-corrected chi connectivity index (χ0v) is 14.3. The summed E-state index contributed by atoms with van der Waals surface area (Å²) in [7, 11) is 1.42. The third kappa shape index (κ3) is 12.3. The maximum Gasteiger partial charge on any atom is 0.321 e. The van der Waals surface area contributed by atoms with Crippen LogP contribution in [0.5, 0.6) is 0 Å². The first kappa shape index (κ1) is 23.2. The van der Waals surface area contributed by atoms with Gasteiger partial charge in [0.05, 0.1) is 25.7 Å². The Hall–Kier alpha value is -1.79. The number of rotatable bonds is 15. The molecular weight excluding hydrogens is 336 g/mol. The number of nitrogens with one attached hydrogen (secondary N) is 3. The van der Waals surface area contributed by atoms with Crippen LogP contribution in [0.4, 0.5) is 0 Å². The predicted octanol–water partition coefficient (Wildman–Crippen LogP) is -3.51. The van der Waals surface area contributed by atoms with Crippen molar-refractivity contribution in [2.45, 2.75) is 18.6 Å². The maximum atomic E-state index is 11.9. The minimum absolute atomic E-state index is 0.0768. The molecule has 0 radical (unpaired) electrons. The van der Waals surface area contributed by atoms with Crippen molar-refractivity contribution >= 4 is 17.8 Å². The van der Waals surface area contributed by atoms with E-state index in [2.05, 4.69) is 16.0 Å². The Bertz CT molecular complexity index is 422. The molecule has 0 aliphatic heterocycles. The summed E-state index contributed by atoms with van der Waals surface area (Å²) >= 11 is 0. The number of aliphatic carboxylic acids is 2. The highest BCUT2D eigenvalue weighted by atomic mass is 16.4. The summed E-state index contributed by atoms with van der Waals surface area (Å²) in [5.74, 6) is -2.56. The van der Waals surface area contributed by atoms with Gasteiger partial charge in [-0.15, -0.1) is 0 Å². The first-order chi connectivity index (χ1) is 11.8. The summed E-state index contributed by atoms with van der Waals surface area (Å²) < 4.78 is 0. The lowest BCUT2D eigenvalue weighted by Crippen LogP contribution is -2.45. The monoisotopic (exact) mass is 364 g/mol. The highest BCUT2D eigenvalue weighted by Gasteiger charge is 2.23. The quantitative estimate of drug-likeness (QED) is 0.145. The molecule has 1 amide bonds. The third-order valence-corrected chi connectivity index (χ3v) is 3.25. The van der Waals surface area contributed by atoms with E-state index in [0.717, 1.165) is 0 Å². The molecular formula is C14H28N4O7. The smallest absolute Gasteiger partial charge is 0.321 e. The molecule has 0 fully saturated rings. The Labute approximate surface area is 146 Å². The summed E-state index contributed by atoms with van der Waals surface area (Å²) in [6, 6.07) is -1.06. The highest BCUT2D eigenvalue weighted by Crippen LogP contribution is 1.99. The van der Waals surface area contributed by atoms with E-state index in [1.165, 1.54) is 11.9 Å². The van der Waals surface area contributed by atoms with E-state index in [9.17, 15) is 19.5 Å². The van der Waals surface area contributed by atoms with Crippen LogP contribution in [0.25, 0.3) is 0 Å². The molecule has 0 aromatic carbocycles. The molecule has 0 rings (SSSR count). The SMILES string of the molecule is CN(CC(O)CO)C(=O)CC(NCCNCCNCC(=O)O)C(=O)O. The average Bonchev–Trinajstić information content (AvgIpc) is 2.55. The highest BCUT2D eigenvalue weighted by molar-refractivity contribution is 5.84. The molecule has 2 unspecified atom stereocenters. The van der Waals surface area contributed by atoms with Gasteiger partial charge in [-0.1, -0.05) is 0 Å². The van der Waals surface area contributed by atoms with E-state index in [0.29, 0.717) is 26.2 Å². The standard InChI is InChI=1S/C14H28N4O7/c1-18(8-10(20)9-19)12(21)6-11(14(24)25)17-5-4-15-2-3-16-7-13(22)23/h10-11,15-17,19-20H,2-9H2,1H3,(H,22,23)(H,24,25). The normalized spacial score (nSPS) is 13.2. The molecule has 7 N–H and O–H groups in total. The lowest BCUT2D eigenvalue weighted by atomic mass is 10.2. The van der Waals surface area contributed by atoms with Gasteiger partial charge in [0.2, 0.25) is 5.91 Å². The fraction of sp³-hybridized carbons (Fsp3) is 0.786.